The van der Waals surface area contributed by atoms with Crippen molar-refractivity contribution >= 4 is 10.9 Å². The minimum atomic E-state index is -0.554. The number of nitrogens with zero attached hydrogens (tertiary/aromatic N) is 2. The maximum Gasteiger partial charge on any atom is 0.120 e. The van der Waals surface area contributed by atoms with Gasteiger partial charge in [0.05, 0.1) is 18.2 Å². The SMILES string of the molecule is C=C[C@H]1CN2CC[C@@H]1C[C@@H]2[C@@H](O)c1ccnc2ccc(OCCO)cc12. The summed E-state index contributed by atoms with van der Waals surface area (Å²) in [7, 11) is 0. The minimum Gasteiger partial charge on any atom is -0.491 e. The van der Waals surface area contributed by atoms with Crippen molar-refractivity contribution in [2.75, 3.05) is 26.3 Å². The van der Waals surface area contributed by atoms with E-state index in [4.69, 9.17) is 9.84 Å². The third-order valence-electron chi connectivity index (χ3n) is 5.94. The van der Waals surface area contributed by atoms with Gasteiger partial charge in [0.2, 0.25) is 0 Å². The van der Waals surface area contributed by atoms with E-state index in [0.717, 1.165) is 36.0 Å². The number of aromatic nitrogens is 1. The van der Waals surface area contributed by atoms with Gasteiger partial charge in [-0.05, 0) is 61.1 Å². The first-order valence-corrected chi connectivity index (χ1v) is 9.38. The van der Waals surface area contributed by atoms with Gasteiger partial charge in [0.15, 0.2) is 0 Å². The molecule has 1 aromatic heterocycles. The molecule has 0 amide bonds. The highest BCUT2D eigenvalue weighted by molar-refractivity contribution is 5.84. The summed E-state index contributed by atoms with van der Waals surface area (Å²) in [5.74, 6) is 1.85. The molecule has 5 atom stereocenters. The summed E-state index contributed by atoms with van der Waals surface area (Å²) < 4.78 is 5.54. The van der Waals surface area contributed by atoms with Crippen LogP contribution in [0, 0.1) is 11.8 Å². The summed E-state index contributed by atoms with van der Waals surface area (Å²) in [5, 5.41) is 21.1. The molecule has 3 aliphatic heterocycles. The van der Waals surface area contributed by atoms with Crippen LogP contribution in [0.15, 0.2) is 43.1 Å². The summed E-state index contributed by atoms with van der Waals surface area (Å²) in [5.41, 5.74) is 1.75. The van der Waals surface area contributed by atoms with E-state index >= 15 is 0 Å². The minimum absolute atomic E-state index is 0.0244. The van der Waals surface area contributed by atoms with Crippen LogP contribution in [0.2, 0.25) is 0 Å². The van der Waals surface area contributed by atoms with Crippen LogP contribution >= 0.6 is 0 Å². The zero-order chi connectivity index (χ0) is 18.1. The van der Waals surface area contributed by atoms with E-state index in [1.807, 2.05) is 24.3 Å². The summed E-state index contributed by atoms with van der Waals surface area (Å²) >= 11 is 0. The van der Waals surface area contributed by atoms with Crippen molar-refractivity contribution < 1.29 is 14.9 Å². The maximum atomic E-state index is 11.2. The van der Waals surface area contributed by atoms with E-state index in [-0.39, 0.29) is 19.3 Å². The molecule has 1 unspecified atom stereocenters. The molecular formula is C21H26N2O3. The predicted octanol–water partition coefficient (Wildman–Crippen LogP) is 2.54. The molecule has 5 rings (SSSR count). The molecule has 2 N–H and O–H groups in total. The number of ether oxygens (including phenoxy) is 1. The molecular weight excluding hydrogens is 328 g/mol. The number of fused-ring (bicyclic) bond motifs is 4. The molecule has 0 aliphatic carbocycles. The monoisotopic (exact) mass is 354 g/mol. The fraction of sp³-hybridized carbons (Fsp3) is 0.476. The topological polar surface area (TPSA) is 65.8 Å². The van der Waals surface area contributed by atoms with Crippen LogP contribution in [0.25, 0.3) is 10.9 Å². The number of rotatable bonds is 6. The highest BCUT2D eigenvalue weighted by Gasteiger charge is 2.42. The van der Waals surface area contributed by atoms with Gasteiger partial charge < -0.3 is 14.9 Å². The molecule has 0 spiro atoms. The first kappa shape index (κ1) is 17.5. The lowest BCUT2D eigenvalue weighted by Gasteiger charge is -2.50. The second kappa shape index (κ2) is 7.35. The van der Waals surface area contributed by atoms with Crippen LogP contribution in [0.4, 0.5) is 0 Å². The number of pyridine rings is 1. The summed E-state index contributed by atoms with van der Waals surface area (Å²) in [4.78, 5) is 6.83. The third kappa shape index (κ3) is 3.11. The molecule has 2 aromatic rings. The molecule has 0 saturated carbocycles. The molecule has 3 fully saturated rings. The molecule has 5 nitrogen and oxygen atoms in total. The molecule has 4 heterocycles. The number of hydrogen-bond donors (Lipinski definition) is 2. The maximum absolute atomic E-state index is 11.2. The largest absolute Gasteiger partial charge is 0.491 e. The van der Waals surface area contributed by atoms with Crippen molar-refractivity contribution in [3.8, 4) is 5.75 Å². The standard InChI is InChI=1S/C21H26N2O3/c1-2-14-13-23-8-6-15(14)11-20(23)21(25)17-5-7-22-19-4-3-16(12-18(17)19)26-10-9-24/h2-5,7,12,14-15,20-21,24-25H,1,6,8-11,13H2/t14-,15+,20+,21-/m0/s1. The zero-order valence-electron chi connectivity index (χ0n) is 14.9. The van der Waals surface area contributed by atoms with Crippen LogP contribution in [0.5, 0.6) is 5.75 Å². The Kier molecular flexibility index (Phi) is 4.94. The fourth-order valence-corrected chi connectivity index (χ4v) is 4.57. The zero-order valence-corrected chi connectivity index (χ0v) is 14.9. The predicted molar refractivity (Wildman–Crippen MR) is 101 cm³/mol. The van der Waals surface area contributed by atoms with Crippen molar-refractivity contribution in [2.24, 2.45) is 11.8 Å². The number of piperidine rings is 3. The average molecular weight is 354 g/mol. The Labute approximate surface area is 153 Å². The molecule has 138 valence electrons. The van der Waals surface area contributed by atoms with Crippen molar-refractivity contribution in [2.45, 2.75) is 25.0 Å². The van der Waals surface area contributed by atoms with Crippen molar-refractivity contribution in [3.63, 3.8) is 0 Å². The Morgan fingerprint density at radius 2 is 2.27 bits per heavy atom. The van der Waals surface area contributed by atoms with Gasteiger partial charge in [-0.15, -0.1) is 6.58 Å². The molecule has 2 bridgehead atoms. The first-order valence-electron chi connectivity index (χ1n) is 9.38. The van der Waals surface area contributed by atoms with E-state index in [1.165, 1.54) is 6.42 Å². The Balaban J connectivity index is 1.64. The lowest BCUT2D eigenvalue weighted by Crippen LogP contribution is -2.54. The number of aliphatic hydroxyl groups is 2. The highest BCUT2D eigenvalue weighted by atomic mass is 16.5. The molecule has 26 heavy (non-hydrogen) atoms. The van der Waals surface area contributed by atoms with Crippen LogP contribution in [-0.2, 0) is 0 Å². The van der Waals surface area contributed by atoms with Crippen LogP contribution in [-0.4, -0.2) is 52.4 Å². The summed E-state index contributed by atoms with van der Waals surface area (Å²) in [6.45, 7) is 6.24. The number of hydrogen-bond acceptors (Lipinski definition) is 5. The van der Waals surface area contributed by atoms with Gasteiger partial charge in [0.25, 0.3) is 0 Å². The number of aliphatic hydroxyl groups excluding tert-OH is 2. The van der Waals surface area contributed by atoms with Gasteiger partial charge in [0.1, 0.15) is 12.4 Å². The van der Waals surface area contributed by atoms with E-state index in [0.29, 0.717) is 17.6 Å². The van der Waals surface area contributed by atoms with Gasteiger partial charge >= 0.3 is 0 Å². The van der Waals surface area contributed by atoms with Crippen molar-refractivity contribution in [1.82, 2.24) is 9.88 Å². The van der Waals surface area contributed by atoms with E-state index in [2.05, 4.69) is 22.5 Å². The fourth-order valence-electron chi connectivity index (χ4n) is 4.57. The van der Waals surface area contributed by atoms with Crippen LogP contribution < -0.4 is 4.74 Å². The third-order valence-corrected chi connectivity index (χ3v) is 5.94. The normalized spacial score (nSPS) is 28.8. The van der Waals surface area contributed by atoms with Gasteiger partial charge in [0, 0.05) is 24.2 Å². The average Bonchev–Trinajstić information content (AvgIpc) is 2.71. The van der Waals surface area contributed by atoms with Gasteiger partial charge in [-0.1, -0.05) is 6.08 Å². The lowest BCUT2D eigenvalue weighted by atomic mass is 9.73. The van der Waals surface area contributed by atoms with Crippen LogP contribution in [0.3, 0.4) is 0 Å². The Hall–Kier alpha value is -1.95. The van der Waals surface area contributed by atoms with Crippen LogP contribution in [0.1, 0.15) is 24.5 Å². The summed E-state index contributed by atoms with van der Waals surface area (Å²) in [6.07, 6.45) is 5.48. The van der Waals surface area contributed by atoms with Gasteiger partial charge in [-0.3, -0.25) is 9.88 Å². The van der Waals surface area contributed by atoms with E-state index in [1.54, 1.807) is 6.20 Å². The number of benzene rings is 1. The second-order valence-electron chi connectivity index (χ2n) is 7.34. The first-order chi connectivity index (χ1) is 12.7. The van der Waals surface area contributed by atoms with Crippen molar-refractivity contribution in [1.29, 1.82) is 0 Å². The Morgan fingerprint density at radius 3 is 3.00 bits per heavy atom. The Bertz CT molecular complexity index is 794. The van der Waals surface area contributed by atoms with E-state index < -0.39 is 6.10 Å². The quantitative estimate of drug-likeness (QED) is 0.781. The molecule has 5 heteroatoms. The lowest BCUT2D eigenvalue weighted by molar-refractivity contribution is -0.0444. The van der Waals surface area contributed by atoms with Crippen molar-refractivity contribution in [3.05, 3.63) is 48.7 Å². The summed E-state index contributed by atoms with van der Waals surface area (Å²) in [6, 6.07) is 7.72. The Morgan fingerprint density at radius 1 is 1.38 bits per heavy atom. The molecule has 3 aliphatic rings. The van der Waals surface area contributed by atoms with Gasteiger partial charge in [-0.25, -0.2) is 0 Å². The second-order valence-corrected chi connectivity index (χ2v) is 7.34. The van der Waals surface area contributed by atoms with E-state index in [9.17, 15) is 5.11 Å². The highest BCUT2D eigenvalue weighted by Crippen LogP contribution is 2.42. The molecule has 0 radical (unpaired) electrons. The molecule has 1 aromatic carbocycles. The molecule has 3 saturated heterocycles. The smallest absolute Gasteiger partial charge is 0.120 e. The van der Waals surface area contributed by atoms with Gasteiger partial charge in [-0.2, -0.15) is 0 Å².